The van der Waals surface area contributed by atoms with Gasteiger partial charge in [-0.3, -0.25) is 14.4 Å². The zero-order chi connectivity index (χ0) is 30.5. The highest BCUT2D eigenvalue weighted by atomic mass is 19.4. The number of rotatable bonds is 10. The number of nitrogens with zero attached hydrogens (tertiary/aromatic N) is 3. The monoisotopic (exact) mass is 581 g/mol. The van der Waals surface area contributed by atoms with Gasteiger partial charge in [0.1, 0.15) is 12.1 Å². The summed E-state index contributed by atoms with van der Waals surface area (Å²) in [5.74, 6) is -2.69. The number of aromatic nitrogens is 2. The quantitative estimate of drug-likeness (QED) is 0.407. The van der Waals surface area contributed by atoms with E-state index in [1.807, 2.05) is 0 Å². The lowest BCUT2D eigenvalue weighted by Gasteiger charge is -2.31. The van der Waals surface area contributed by atoms with Gasteiger partial charge in [-0.1, -0.05) is 51.1 Å². The third-order valence-corrected chi connectivity index (χ3v) is 6.78. The topological polar surface area (TPSA) is 144 Å². The number of benzene rings is 1. The molecule has 41 heavy (non-hydrogen) atoms. The van der Waals surface area contributed by atoms with Gasteiger partial charge in [-0.2, -0.15) is 18.2 Å². The van der Waals surface area contributed by atoms with Crippen molar-refractivity contribution in [3.05, 3.63) is 47.1 Å². The number of hydrogen-bond acceptors (Lipinski definition) is 8. The number of ketones is 1. The zero-order valence-electron chi connectivity index (χ0n) is 23.4. The number of carbonyl (C=O) groups is 4. The Hall–Kier alpha value is -3.97. The molecule has 0 spiro atoms. The van der Waals surface area contributed by atoms with E-state index in [0.29, 0.717) is 19.4 Å². The van der Waals surface area contributed by atoms with Gasteiger partial charge in [0.25, 0.3) is 0 Å². The molecule has 1 aromatic heterocycles. The Balaban J connectivity index is 1.72. The number of alkyl carbamates (subject to hydrolysis) is 1. The summed E-state index contributed by atoms with van der Waals surface area (Å²) in [6.45, 7) is 7.22. The van der Waals surface area contributed by atoms with E-state index >= 15 is 0 Å². The average molecular weight is 582 g/mol. The third-order valence-electron chi connectivity index (χ3n) is 6.78. The summed E-state index contributed by atoms with van der Waals surface area (Å²) in [7, 11) is 1.18. The Labute approximate surface area is 235 Å². The molecule has 1 aromatic carbocycles. The number of halogens is 3. The number of carbonyl (C=O) groups excluding carboxylic acids is 4. The minimum absolute atomic E-state index is 0.0631. The van der Waals surface area contributed by atoms with Crippen LogP contribution in [0.15, 0.2) is 28.8 Å². The predicted octanol–water partition coefficient (Wildman–Crippen LogP) is 3.37. The first-order chi connectivity index (χ1) is 19.2. The van der Waals surface area contributed by atoms with Crippen LogP contribution in [0.2, 0.25) is 0 Å². The first-order valence-corrected chi connectivity index (χ1v) is 13.2. The number of nitrogens with one attached hydrogen (secondary N) is 2. The highest BCUT2D eigenvalue weighted by Crippen LogP contribution is 2.30. The van der Waals surface area contributed by atoms with Crippen molar-refractivity contribution in [3.63, 3.8) is 0 Å². The summed E-state index contributed by atoms with van der Waals surface area (Å²) in [6.07, 6.45) is -4.49. The zero-order valence-corrected chi connectivity index (χ0v) is 23.4. The van der Waals surface area contributed by atoms with Crippen LogP contribution < -0.4 is 10.6 Å². The van der Waals surface area contributed by atoms with Crippen LogP contribution in [0.25, 0.3) is 0 Å². The molecule has 2 N–H and O–H groups in total. The second-order valence-corrected chi connectivity index (χ2v) is 10.5. The summed E-state index contributed by atoms with van der Waals surface area (Å²) in [6, 6.07) is 1.80. The largest absolute Gasteiger partial charge is 0.453 e. The normalized spacial score (nSPS) is 16.9. The molecule has 0 unspecified atom stereocenters. The van der Waals surface area contributed by atoms with Gasteiger partial charge in [-0.25, -0.2) is 4.79 Å². The predicted molar refractivity (Wildman–Crippen MR) is 139 cm³/mol. The Morgan fingerprint density at radius 3 is 2.39 bits per heavy atom. The SMILES string of the molecule is COC(=O)N[C@H](C(=O)N1CCC[C@H]1C(=O)N[C@H](C(=O)c1noc(Cc2cccc(C(F)(F)F)c2)n1)C(C)C)C(C)C. The number of Topliss-reactive ketones (excluding diaryl/α,β-unsaturated/α-hetero) is 1. The molecule has 14 heteroatoms. The first-order valence-electron chi connectivity index (χ1n) is 13.2. The average Bonchev–Trinajstić information content (AvgIpc) is 3.59. The fourth-order valence-corrected chi connectivity index (χ4v) is 4.56. The van der Waals surface area contributed by atoms with E-state index in [1.165, 1.54) is 24.1 Å². The van der Waals surface area contributed by atoms with E-state index in [-0.39, 0.29) is 29.6 Å². The van der Waals surface area contributed by atoms with Crippen LogP contribution in [0.3, 0.4) is 0 Å². The van der Waals surface area contributed by atoms with Crippen LogP contribution in [-0.2, 0) is 26.9 Å². The van der Waals surface area contributed by atoms with E-state index in [9.17, 15) is 32.3 Å². The Kier molecular flexibility index (Phi) is 10.1. The van der Waals surface area contributed by atoms with Gasteiger partial charge in [0, 0.05) is 6.54 Å². The molecular formula is C27H34F3N5O6. The third kappa shape index (κ3) is 7.82. The van der Waals surface area contributed by atoms with Crippen molar-refractivity contribution in [3.8, 4) is 0 Å². The van der Waals surface area contributed by atoms with Gasteiger partial charge < -0.3 is 24.8 Å². The molecule has 1 aliphatic heterocycles. The van der Waals surface area contributed by atoms with Gasteiger partial charge in [-0.15, -0.1) is 0 Å². The van der Waals surface area contributed by atoms with Crippen LogP contribution >= 0.6 is 0 Å². The van der Waals surface area contributed by atoms with Gasteiger partial charge in [0.05, 0.1) is 25.1 Å². The standard InChI is InChI=1S/C27H34F3N5O6/c1-14(2)20(22(36)23-31-19(41-34-23)13-16-8-6-9-17(12-16)27(28,29)30)32-24(37)18-10-7-11-35(18)25(38)21(15(3)4)33-26(39)40-5/h6,8-9,12,14-15,18,20-21H,7,10-11,13H2,1-5H3,(H,32,37)(H,33,39)/t18-,20-,21-/m0/s1. The molecule has 224 valence electrons. The Morgan fingerprint density at radius 1 is 1.10 bits per heavy atom. The van der Waals surface area contributed by atoms with Crippen LogP contribution in [0.5, 0.6) is 0 Å². The molecule has 0 aliphatic carbocycles. The van der Waals surface area contributed by atoms with Crippen LogP contribution in [0, 0.1) is 11.8 Å². The van der Waals surface area contributed by atoms with Gasteiger partial charge in [0.15, 0.2) is 0 Å². The first kappa shape index (κ1) is 31.6. The van der Waals surface area contributed by atoms with Crippen molar-refractivity contribution in [2.75, 3.05) is 13.7 Å². The highest BCUT2D eigenvalue weighted by Gasteiger charge is 2.40. The fourth-order valence-electron chi connectivity index (χ4n) is 4.56. The smallest absolute Gasteiger partial charge is 0.416 e. The molecule has 2 heterocycles. The Morgan fingerprint density at radius 2 is 1.78 bits per heavy atom. The minimum Gasteiger partial charge on any atom is -0.453 e. The Bertz CT molecular complexity index is 1260. The molecule has 3 atom stereocenters. The second kappa shape index (κ2) is 13.1. The number of ether oxygens (including phenoxy) is 1. The molecule has 3 amide bonds. The lowest BCUT2D eigenvalue weighted by atomic mass is 9.98. The summed E-state index contributed by atoms with van der Waals surface area (Å²) < 4.78 is 48.8. The number of likely N-dealkylation sites (tertiary alicyclic amines) is 1. The molecule has 0 saturated carbocycles. The van der Waals surface area contributed by atoms with Crippen LogP contribution in [0.4, 0.5) is 18.0 Å². The molecule has 1 aliphatic rings. The molecule has 1 fully saturated rings. The van der Waals surface area contributed by atoms with E-state index in [2.05, 4.69) is 25.5 Å². The molecule has 3 rings (SSSR count). The van der Waals surface area contributed by atoms with Crippen molar-refractivity contribution >= 4 is 23.7 Å². The lowest BCUT2D eigenvalue weighted by molar-refractivity contribution is -0.141. The number of methoxy groups -OCH3 is 1. The van der Waals surface area contributed by atoms with E-state index in [1.54, 1.807) is 27.7 Å². The summed E-state index contributed by atoms with van der Waals surface area (Å²) in [5, 5.41) is 8.90. The molecule has 0 bridgehead atoms. The number of alkyl halides is 3. The fraction of sp³-hybridized carbons (Fsp3) is 0.556. The molecule has 11 nitrogen and oxygen atoms in total. The second-order valence-electron chi connectivity index (χ2n) is 10.5. The van der Waals surface area contributed by atoms with Crippen molar-refractivity contribution < 1.29 is 41.6 Å². The van der Waals surface area contributed by atoms with E-state index < -0.39 is 59.5 Å². The molecule has 2 aromatic rings. The van der Waals surface area contributed by atoms with Crippen LogP contribution in [-0.4, -0.2) is 70.5 Å². The summed E-state index contributed by atoms with van der Waals surface area (Å²) in [5.41, 5.74) is -0.558. The highest BCUT2D eigenvalue weighted by molar-refractivity contribution is 6.00. The minimum atomic E-state index is -4.51. The van der Waals surface area contributed by atoms with Gasteiger partial charge in [0.2, 0.25) is 29.3 Å². The van der Waals surface area contributed by atoms with Crippen LogP contribution in [0.1, 0.15) is 68.2 Å². The van der Waals surface area contributed by atoms with E-state index in [0.717, 1.165) is 12.1 Å². The summed E-state index contributed by atoms with van der Waals surface area (Å²) >= 11 is 0. The lowest BCUT2D eigenvalue weighted by Crippen LogP contribution is -2.57. The molecule has 1 saturated heterocycles. The van der Waals surface area contributed by atoms with Gasteiger partial charge in [-0.05, 0) is 36.3 Å². The van der Waals surface area contributed by atoms with Crippen molar-refractivity contribution in [2.24, 2.45) is 11.8 Å². The summed E-state index contributed by atoms with van der Waals surface area (Å²) in [4.78, 5) is 57.1. The van der Waals surface area contributed by atoms with Crippen molar-refractivity contribution in [1.82, 2.24) is 25.7 Å². The molecular weight excluding hydrogens is 547 g/mol. The number of amides is 3. The van der Waals surface area contributed by atoms with E-state index in [4.69, 9.17) is 4.52 Å². The maximum atomic E-state index is 13.3. The van der Waals surface area contributed by atoms with Crippen molar-refractivity contribution in [1.29, 1.82) is 0 Å². The number of hydrogen-bond donors (Lipinski definition) is 2. The van der Waals surface area contributed by atoms with Crippen molar-refractivity contribution in [2.45, 2.75) is 71.3 Å². The van der Waals surface area contributed by atoms with Gasteiger partial charge >= 0.3 is 12.3 Å². The maximum Gasteiger partial charge on any atom is 0.416 e. The maximum absolute atomic E-state index is 13.3. The molecule has 0 radical (unpaired) electrons.